The average Bonchev–Trinajstić information content (AvgIpc) is 2.25. The Morgan fingerprint density at radius 2 is 2.06 bits per heavy atom. The first-order valence-electron chi connectivity index (χ1n) is 5.66. The third-order valence-corrected chi connectivity index (χ3v) is 3.75. The quantitative estimate of drug-likeness (QED) is 0.576. The second-order valence-corrected chi connectivity index (χ2v) is 5.58. The minimum absolute atomic E-state index is 0.149. The number of benzene rings is 1. The average molecular weight is 332 g/mol. The zero-order valence-corrected chi connectivity index (χ0v) is 11.3. The molecule has 2 atom stereocenters. The molecule has 16 heavy (non-hydrogen) atoms. The molecule has 1 saturated carbocycles. The highest BCUT2D eigenvalue weighted by atomic mass is 127. The van der Waals surface area contributed by atoms with Gasteiger partial charge >= 0.3 is 0 Å². The van der Waals surface area contributed by atoms with Crippen LogP contribution in [0, 0.1) is 3.57 Å². The molecule has 4 N–H and O–H groups in total. The van der Waals surface area contributed by atoms with Gasteiger partial charge in [0.25, 0.3) is 0 Å². The van der Waals surface area contributed by atoms with E-state index in [4.69, 9.17) is 5.73 Å². The van der Waals surface area contributed by atoms with Gasteiger partial charge in [0, 0.05) is 3.57 Å². The van der Waals surface area contributed by atoms with E-state index in [1.807, 2.05) is 18.2 Å². The number of nitrogens with one attached hydrogen (secondary N) is 1. The first kappa shape index (κ1) is 12.0. The van der Waals surface area contributed by atoms with Crippen molar-refractivity contribution in [3.05, 3.63) is 21.8 Å². The minimum atomic E-state index is -0.243. The van der Waals surface area contributed by atoms with Gasteiger partial charge in [-0.2, -0.15) is 0 Å². The van der Waals surface area contributed by atoms with Crippen molar-refractivity contribution in [3.63, 3.8) is 0 Å². The number of hydrogen-bond acceptors (Lipinski definition) is 3. The number of aliphatic hydroxyl groups excluding tert-OH is 1. The second-order valence-electron chi connectivity index (χ2n) is 4.33. The van der Waals surface area contributed by atoms with E-state index in [-0.39, 0.29) is 12.1 Å². The van der Waals surface area contributed by atoms with Crippen molar-refractivity contribution in [1.82, 2.24) is 0 Å². The molecule has 0 bridgehead atoms. The van der Waals surface area contributed by atoms with Crippen LogP contribution in [0.3, 0.4) is 0 Å². The Labute approximate surface area is 110 Å². The van der Waals surface area contributed by atoms with Gasteiger partial charge in [0.05, 0.1) is 23.5 Å². The first-order valence-corrected chi connectivity index (χ1v) is 6.74. The predicted molar refractivity (Wildman–Crippen MR) is 75.5 cm³/mol. The molecule has 88 valence electrons. The lowest BCUT2D eigenvalue weighted by molar-refractivity contribution is 0.116. The van der Waals surface area contributed by atoms with E-state index >= 15 is 0 Å². The van der Waals surface area contributed by atoms with E-state index < -0.39 is 0 Å². The topological polar surface area (TPSA) is 58.3 Å². The third-order valence-electron chi connectivity index (χ3n) is 3.08. The van der Waals surface area contributed by atoms with E-state index in [0.717, 1.165) is 34.2 Å². The zero-order valence-electron chi connectivity index (χ0n) is 9.12. The maximum atomic E-state index is 9.87. The van der Waals surface area contributed by atoms with Crippen LogP contribution in [0.2, 0.25) is 0 Å². The Hall–Kier alpha value is -0.490. The molecule has 1 fully saturated rings. The number of anilines is 2. The molecule has 1 aromatic carbocycles. The van der Waals surface area contributed by atoms with Crippen molar-refractivity contribution in [2.24, 2.45) is 0 Å². The molecule has 3 nitrogen and oxygen atoms in total. The predicted octanol–water partition coefficient (Wildman–Crippen LogP) is 2.59. The zero-order chi connectivity index (χ0) is 11.5. The van der Waals surface area contributed by atoms with Gasteiger partial charge in [-0.3, -0.25) is 0 Å². The summed E-state index contributed by atoms with van der Waals surface area (Å²) in [4.78, 5) is 0. The van der Waals surface area contributed by atoms with Crippen LogP contribution in [0.4, 0.5) is 11.4 Å². The summed E-state index contributed by atoms with van der Waals surface area (Å²) in [5, 5.41) is 13.2. The van der Waals surface area contributed by atoms with Gasteiger partial charge in [-0.15, -0.1) is 0 Å². The molecule has 1 aliphatic carbocycles. The van der Waals surface area contributed by atoms with Crippen molar-refractivity contribution >= 4 is 34.0 Å². The lowest BCUT2D eigenvalue weighted by Crippen LogP contribution is -2.36. The van der Waals surface area contributed by atoms with Crippen LogP contribution >= 0.6 is 22.6 Å². The fourth-order valence-electron chi connectivity index (χ4n) is 2.14. The molecule has 2 rings (SSSR count). The van der Waals surface area contributed by atoms with E-state index in [1.54, 1.807) is 0 Å². The Kier molecular flexibility index (Phi) is 3.91. The van der Waals surface area contributed by atoms with E-state index in [1.165, 1.54) is 6.42 Å². The maximum absolute atomic E-state index is 9.87. The molecule has 4 heteroatoms. The van der Waals surface area contributed by atoms with Gasteiger partial charge in [0.2, 0.25) is 0 Å². The van der Waals surface area contributed by atoms with Crippen LogP contribution in [-0.4, -0.2) is 17.3 Å². The lowest BCUT2D eigenvalue weighted by Gasteiger charge is -2.29. The van der Waals surface area contributed by atoms with Gasteiger partial charge in [0.1, 0.15) is 0 Å². The molecule has 2 unspecified atom stereocenters. The molecule has 1 aromatic rings. The third kappa shape index (κ3) is 2.79. The summed E-state index contributed by atoms with van der Waals surface area (Å²) in [5.74, 6) is 0. The number of nitrogens with two attached hydrogens (primary N) is 1. The summed E-state index contributed by atoms with van der Waals surface area (Å²) in [6, 6.07) is 6.10. The molecule has 0 radical (unpaired) electrons. The maximum Gasteiger partial charge on any atom is 0.0741 e. The molecule has 0 aliphatic heterocycles. The Morgan fingerprint density at radius 3 is 2.75 bits per heavy atom. The first-order chi connectivity index (χ1) is 7.66. The van der Waals surface area contributed by atoms with Crippen LogP contribution in [0.15, 0.2) is 18.2 Å². The molecule has 0 amide bonds. The summed E-state index contributed by atoms with van der Waals surface area (Å²) < 4.78 is 1.13. The highest BCUT2D eigenvalue weighted by molar-refractivity contribution is 14.1. The van der Waals surface area contributed by atoms with Crippen LogP contribution in [0.25, 0.3) is 0 Å². The Bertz CT molecular complexity index is 370. The van der Waals surface area contributed by atoms with Gasteiger partial charge < -0.3 is 16.2 Å². The number of aliphatic hydroxyl groups is 1. The second kappa shape index (κ2) is 5.23. The van der Waals surface area contributed by atoms with E-state index in [2.05, 4.69) is 27.9 Å². The standard InChI is InChI=1S/C12H17IN2O/c13-8-5-6-10(9(14)7-8)15-11-3-1-2-4-12(11)16/h5-7,11-12,15-16H,1-4,14H2. The van der Waals surface area contributed by atoms with Crippen LogP contribution in [-0.2, 0) is 0 Å². The number of rotatable bonds is 2. The SMILES string of the molecule is Nc1cc(I)ccc1NC1CCCCC1O. The molecule has 0 heterocycles. The monoisotopic (exact) mass is 332 g/mol. The smallest absolute Gasteiger partial charge is 0.0741 e. The molecule has 0 saturated heterocycles. The minimum Gasteiger partial charge on any atom is -0.397 e. The Morgan fingerprint density at radius 1 is 1.31 bits per heavy atom. The van der Waals surface area contributed by atoms with Gasteiger partial charge in [-0.1, -0.05) is 12.8 Å². The fraction of sp³-hybridized carbons (Fsp3) is 0.500. The lowest BCUT2D eigenvalue weighted by atomic mass is 9.92. The molecular formula is C12H17IN2O. The van der Waals surface area contributed by atoms with Crippen molar-refractivity contribution in [3.8, 4) is 0 Å². The van der Waals surface area contributed by atoms with Crippen molar-refractivity contribution in [2.45, 2.75) is 37.8 Å². The Balaban J connectivity index is 2.07. The van der Waals surface area contributed by atoms with Crippen molar-refractivity contribution < 1.29 is 5.11 Å². The highest BCUT2D eigenvalue weighted by Crippen LogP contribution is 2.26. The molecular weight excluding hydrogens is 315 g/mol. The van der Waals surface area contributed by atoms with Gasteiger partial charge in [-0.05, 0) is 53.6 Å². The number of halogens is 1. The number of nitrogen functional groups attached to an aromatic ring is 1. The number of hydrogen-bond donors (Lipinski definition) is 3. The van der Waals surface area contributed by atoms with Crippen LogP contribution in [0.5, 0.6) is 0 Å². The highest BCUT2D eigenvalue weighted by Gasteiger charge is 2.23. The van der Waals surface area contributed by atoms with Crippen LogP contribution < -0.4 is 11.1 Å². The molecule has 1 aliphatic rings. The summed E-state index contributed by atoms with van der Waals surface area (Å²) in [5.41, 5.74) is 7.63. The fourth-order valence-corrected chi connectivity index (χ4v) is 2.66. The van der Waals surface area contributed by atoms with Crippen molar-refractivity contribution in [1.29, 1.82) is 0 Å². The van der Waals surface area contributed by atoms with Crippen LogP contribution in [0.1, 0.15) is 25.7 Å². The largest absolute Gasteiger partial charge is 0.397 e. The van der Waals surface area contributed by atoms with E-state index in [9.17, 15) is 5.11 Å². The summed E-state index contributed by atoms with van der Waals surface area (Å²) >= 11 is 2.24. The molecule has 0 aromatic heterocycles. The van der Waals surface area contributed by atoms with Gasteiger partial charge in [-0.25, -0.2) is 0 Å². The summed E-state index contributed by atoms with van der Waals surface area (Å²) in [7, 11) is 0. The van der Waals surface area contributed by atoms with E-state index in [0.29, 0.717) is 0 Å². The van der Waals surface area contributed by atoms with Crippen molar-refractivity contribution in [2.75, 3.05) is 11.1 Å². The van der Waals surface area contributed by atoms with Gasteiger partial charge in [0.15, 0.2) is 0 Å². The molecule has 0 spiro atoms. The summed E-state index contributed by atoms with van der Waals surface area (Å²) in [6.45, 7) is 0. The summed E-state index contributed by atoms with van der Waals surface area (Å²) in [6.07, 6.45) is 3.97. The normalized spacial score (nSPS) is 25.4.